The fourth-order valence-electron chi connectivity index (χ4n) is 1.34. The maximum Gasteiger partial charge on any atom is 0.443 e. The Morgan fingerprint density at radius 3 is 2.61 bits per heavy atom. The van der Waals surface area contributed by atoms with Crippen molar-refractivity contribution in [2.45, 2.75) is 19.1 Å². The Morgan fingerprint density at radius 1 is 1.44 bits per heavy atom. The van der Waals surface area contributed by atoms with Crippen LogP contribution in [-0.4, -0.2) is 14.6 Å². The van der Waals surface area contributed by atoms with Crippen LogP contribution in [-0.2, 0) is 6.18 Å². The highest BCUT2D eigenvalue weighted by atomic mass is 32.1. The zero-order valence-electron chi connectivity index (χ0n) is 9.02. The first kappa shape index (κ1) is 13.3. The molecule has 1 atom stereocenters. The summed E-state index contributed by atoms with van der Waals surface area (Å²) < 4.78 is 41.1. The van der Waals surface area contributed by atoms with E-state index in [0.717, 1.165) is 17.7 Å². The molecule has 3 N–H and O–H groups in total. The second kappa shape index (κ2) is 4.88. The maximum atomic E-state index is 12.5. The number of aryl methyl sites for hydroxylation is 1. The molecular formula is C8H8F3N5S2. The van der Waals surface area contributed by atoms with E-state index >= 15 is 0 Å². The normalized spacial score (nSPS) is 13.8. The van der Waals surface area contributed by atoms with Crippen molar-refractivity contribution in [1.82, 2.24) is 20.0 Å². The van der Waals surface area contributed by atoms with Crippen LogP contribution in [0.3, 0.4) is 0 Å². The number of rotatable bonds is 3. The Hall–Kier alpha value is -1.10. The lowest BCUT2D eigenvalue weighted by atomic mass is 10.2. The van der Waals surface area contributed by atoms with E-state index in [2.05, 4.69) is 20.0 Å². The van der Waals surface area contributed by atoms with Crippen LogP contribution in [0.4, 0.5) is 13.2 Å². The van der Waals surface area contributed by atoms with Crippen molar-refractivity contribution < 1.29 is 13.2 Å². The lowest BCUT2D eigenvalue weighted by Crippen LogP contribution is -2.28. The fourth-order valence-corrected chi connectivity index (χ4v) is 2.99. The first-order valence-corrected chi connectivity index (χ1v) is 6.30. The second-order valence-corrected chi connectivity index (χ2v) is 5.24. The predicted octanol–water partition coefficient (Wildman–Crippen LogP) is 1.87. The van der Waals surface area contributed by atoms with Gasteiger partial charge in [-0.1, -0.05) is 4.49 Å². The molecule has 10 heteroatoms. The molecule has 0 aliphatic rings. The van der Waals surface area contributed by atoms with Crippen LogP contribution in [0.15, 0.2) is 6.20 Å². The lowest BCUT2D eigenvalue weighted by molar-refractivity contribution is -0.137. The third-order valence-corrected chi connectivity index (χ3v) is 4.16. The molecule has 18 heavy (non-hydrogen) atoms. The number of nitrogens with one attached hydrogen (secondary N) is 1. The lowest BCUT2D eigenvalue weighted by Gasteiger charge is -2.11. The Bertz CT molecular complexity index is 535. The maximum absolute atomic E-state index is 12.5. The van der Waals surface area contributed by atoms with E-state index in [1.165, 1.54) is 0 Å². The minimum atomic E-state index is -4.44. The van der Waals surface area contributed by atoms with Gasteiger partial charge in [-0.25, -0.2) is 10.4 Å². The number of alkyl halides is 3. The zero-order valence-corrected chi connectivity index (χ0v) is 10.7. The monoisotopic (exact) mass is 295 g/mol. The first-order valence-electron chi connectivity index (χ1n) is 4.71. The fraction of sp³-hybridized carbons (Fsp3) is 0.375. The number of hydrogen-bond donors (Lipinski definition) is 2. The average Bonchev–Trinajstić information content (AvgIpc) is 2.89. The molecule has 0 aliphatic carbocycles. The summed E-state index contributed by atoms with van der Waals surface area (Å²) in [5, 5.41) is 2.91. The second-order valence-electron chi connectivity index (χ2n) is 3.39. The molecule has 2 heterocycles. The number of aromatic nitrogens is 3. The van der Waals surface area contributed by atoms with Crippen molar-refractivity contribution in [1.29, 1.82) is 0 Å². The van der Waals surface area contributed by atoms with Crippen LogP contribution in [0.1, 0.15) is 26.5 Å². The van der Waals surface area contributed by atoms with Gasteiger partial charge in [0.1, 0.15) is 0 Å². The van der Waals surface area contributed by atoms with Crippen molar-refractivity contribution in [2.75, 3.05) is 0 Å². The number of thiazole rings is 1. The van der Waals surface area contributed by atoms with Gasteiger partial charge in [0.05, 0.1) is 16.6 Å². The summed E-state index contributed by atoms with van der Waals surface area (Å²) in [4.78, 5) is 4.41. The van der Waals surface area contributed by atoms with Crippen LogP contribution in [0, 0.1) is 6.92 Å². The molecule has 2 aromatic rings. The molecule has 0 saturated heterocycles. The van der Waals surface area contributed by atoms with E-state index in [0.29, 0.717) is 26.8 Å². The van der Waals surface area contributed by atoms with E-state index in [4.69, 9.17) is 5.84 Å². The minimum absolute atomic E-state index is 0.374. The largest absolute Gasteiger partial charge is 0.443 e. The summed E-state index contributed by atoms with van der Waals surface area (Å²) in [6.45, 7) is 1.72. The van der Waals surface area contributed by atoms with Crippen LogP contribution < -0.4 is 11.3 Å². The van der Waals surface area contributed by atoms with Crippen molar-refractivity contribution in [2.24, 2.45) is 5.84 Å². The van der Waals surface area contributed by atoms with Crippen LogP contribution >= 0.6 is 22.9 Å². The van der Waals surface area contributed by atoms with E-state index in [-0.39, 0.29) is 0 Å². The molecule has 1 unspecified atom stereocenters. The van der Waals surface area contributed by atoms with Crippen LogP contribution in [0.5, 0.6) is 0 Å². The van der Waals surface area contributed by atoms with Gasteiger partial charge in [0.25, 0.3) is 0 Å². The number of nitrogens with zero attached hydrogens (tertiary/aromatic N) is 3. The van der Waals surface area contributed by atoms with E-state index in [1.54, 1.807) is 6.92 Å². The van der Waals surface area contributed by atoms with Gasteiger partial charge < -0.3 is 0 Å². The Morgan fingerprint density at radius 2 is 2.17 bits per heavy atom. The van der Waals surface area contributed by atoms with Gasteiger partial charge in [-0.05, 0) is 18.5 Å². The smallest absolute Gasteiger partial charge is 0.271 e. The van der Waals surface area contributed by atoms with Gasteiger partial charge in [0, 0.05) is 11.1 Å². The molecule has 0 saturated carbocycles. The van der Waals surface area contributed by atoms with Crippen LogP contribution in [0.2, 0.25) is 0 Å². The molecule has 2 aromatic heterocycles. The van der Waals surface area contributed by atoms with Crippen molar-refractivity contribution >= 4 is 22.9 Å². The number of halogens is 3. The first-order chi connectivity index (χ1) is 8.43. The van der Waals surface area contributed by atoms with Crippen molar-refractivity contribution in [3.05, 3.63) is 26.7 Å². The van der Waals surface area contributed by atoms with Crippen molar-refractivity contribution in [3.8, 4) is 0 Å². The molecule has 0 aliphatic heterocycles. The summed E-state index contributed by atoms with van der Waals surface area (Å²) in [7, 11) is 0. The molecule has 2 rings (SSSR count). The quantitative estimate of drug-likeness (QED) is 0.668. The third-order valence-electron chi connectivity index (χ3n) is 2.17. The van der Waals surface area contributed by atoms with Gasteiger partial charge in [0.15, 0.2) is 5.01 Å². The van der Waals surface area contributed by atoms with E-state index in [1.807, 2.05) is 0 Å². The summed E-state index contributed by atoms with van der Waals surface area (Å²) in [6, 6.07) is -0.571. The predicted molar refractivity (Wildman–Crippen MR) is 60.9 cm³/mol. The summed E-state index contributed by atoms with van der Waals surface area (Å²) in [5.74, 6) is 5.38. The standard InChI is InChI=1S/C8H8F3N5S2/c1-3-6(18-16-15-3)5(14-12)4-2-13-7(17-4)8(9,10)11/h2,5,14H,12H2,1H3. The van der Waals surface area contributed by atoms with E-state index in [9.17, 15) is 13.2 Å². The van der Waals surface area contributed by atoms with Gasteiger partial charge in [-0.15, -0.1) is 16.4 Å². The zero-order chi connectivity index (χ0) is 13.3. The highest BCUT2D eigenvalue weighted by molar-refractivity contribution is 7.12. The van der Waals surface area contributed by atoms with Gasteiger partial charge >= 0.3 is 6.18 Å². The molecule has 98 valence electrons. The van der Waals surface area contributed by atoms with Gasteiger partial charge in [-0.2, -0.15) is 13.2 Å². The van der Waals surface area contributed by atoms with Gasteiger partial charge in [-0.3, -0.25) is 5.84 Å². The van der Waals surface area contributed by atoms with Crippen LogP contribution in [0.25, 0.3) is 0 Å². The topological polar surface area (TPSA) is 76.7 Å². The molecule has 0 amide bonds. The number of hydrazine groups is 1. The highest BCUT2D eigenvalue weighted by Crippen LogP contribution is 2.36. The molecule has 0 spiro atoms. The molecule has 0 bridgehead atoms. The molecule has 5 nitrogen and oxygen atoms in total. The third kappa shape index (κ3) is 2.51. The average molecular weight is 295 g/mol. The summed E-state index contributed by atoms with van der Waals surface area (Å²) in [6.07, 6.45) is -3.28. The molecule has 0 radical (unpaired) electrons. The Labute approximate surface area is 108 Å². The summed E-state index contributed by atoms with van der Waals surface area (Å²) >= 11 is 1.64. The Kier molecular flexibility index (Phi) is 3.61. The molecule has 0 aromatic carbocycles. The SMILES string of the molecule is Cc1nnsc1C(NN)c1cnc(C(F)(F)F)s1. The summed E-state index contributed by atoms with van der Waals surface area (Å²) in [5.41, 5.74) is 3.09. The Balaban J connectivity index is 2.35. The highest BCUT2D eigenvalue weighted by Gasteiger charge is 2.35. The molecular weight excluding hydrogens is 287 g/mol. The van der Waals surface area contributed by atoms with Crippen molar-refractivity contribution in [3.63, 3.8) is 0 Å². The van der Waals surface area contributed by atoms with E-state index < -0.39 is 17.2 Å². The van der Waals surface area contributed by atoms with Gasteiger partial charge in [0.2, 0.25) is 0 Å². The number of nitrogens with two attached hydrogens (primary N) is 1. The number of hydrogen-bond acceptors (Lipinski definition) is 7. The minimum Gasteiger partial charge on any atom is -0.271 e. The molecule has 0 fully saturated rings.